The number of amides is 3. The predicted molar refractivity (Wildman–Crippen MR) is 116 cm³/mol. The van der Waals surface area contributed by atoms with E-state index in [-0.39, 0.29) is 31.1 Å². The first-order chi connectivity index (χ1) is 14.4. The second kappa shape index (κ2) is 10.8. The number of imide groups is 1. The predicted octanol–water partition coefficient (Wildman–Crippen LogP) is 0.619. The number of nitrogen functional groups attached to an aromatic ring is 1. The molecule has 0 aliphatic heterocycles. The van der Waals surface area contributed by atoms with Gasteiger partial charge in [-0.2, -0.15) is 0 Å². The van der Waals surface area contributed by atoms with Gasteiger partial charge in [-0.25, -0.2) is 9.59 Å². The van der Waals surface area contributed by atoms with Crippen LogP contribution < -0.4 is 32.5 Å². The van der Waals surface area contributed by atoms with E-state index >= 15 is 0 Å². The number of hydrogen-bond donors (Lipinski definition) is 4. The van der Waals surface area contributed by atoms with Gasteiger partial charge in [0.05, 0.1) is 13.1 Å². The van der Waals surface area contributed by atoms with Crippen LogP contribution in [0.2, 0.25) is 0 Å². The number of carbonyl (C=O) groups is 2. The van der Waals surface area contributed by atoms with Crippen molar-refractivity contribution >= 4 is 23.4 Å². The van der Waals surface area contributed by atoms with Gasteiger partial charge in [0.1, 0.15) is 11.5 Å². The quantitative estimate of drug-likeness (QED) is 0.442. The first-order valence-corrected chi connectivity index (χ1v) is 9.86. The molecule has 0 spiro atoms. The van der Waals surface area contributed by atoms with Gasteiger partial charge in [-0.15, -0.1) is 0 Å². The maximum Gasteiger partial charge on any atom is 0.330 e. The first kappa shape index (κ1) is 22.7. The molecular formula is C20H28N6O4. The summed E-state index contributed by atoms with van der Waals surface area (Å²) in [5, 5.41) is 4.81. The van der Waals surface area contributed by atoms with Crippen LogP contribution >= 0.6 is 0 Å². The molecule has 0 radical (unpaired) electrons. The molecule has 5 N–H and O–H groups in total. The lowest BCUT2D eigenvalue weighted by Gasteiger charge is -2.24. The molecule has 0 fully saturated rings. The number of nitrogens with one attached hydrogen (secondary N) is 3. The first-order valence-electron chi connectivity index (χ1n) is 9.86. The van der Waals surface area contributed by atoms with Crippen LogP contribution in [0, 0.1) is 0 Å². The maximum atomic E-state index is 12.4. The highest BCUT2D eigenvalue weighted by Gasteiger charge is 2.21. The highest BCUT2D eigenvalue weighted by molar-refractivity contribution is 5.96. The van der Waals surface area contributed by atoms with E-state index in [4.69, 9.17) is 5.73 Å². The number of urea groups is 1. The van der Waals surface area contributed by atoms with Gasteiger partial charge in [-0.05, 0) is 18.9 Å². The van der Waals surface area contributed by atoms with Crippen molar-refractivity contribution in [2.24, 2.45) is 0 Å². The average molecular weight is 416 g/mol. The third-order valence-electron chi connectivity index (χ3n) is 4.50. The largest absolute Gasteiger partial charge is 0.383 e. The van der Waals surface area contributed by atoms with Crippen LogP contribution in [0.15, 0.2) is 39.9 Å². The van der Waals surface area contributed by atoms with E-state index in [0.717, 1.165) is 18.4 Å². The van der Waals surface area contributed by atoms with Crippen LogP contribution in [0.5, 0.6) is 0 Å². The molecule has 1 aromatic carbocycles. The number of unbranched alkanes of at least 4 members (excludes halogenated alkanes) is 1. The zero-order chi connectivity index (χ0) is 22.1. The van der Waals surface area contributed by atoms with Gasteiger partial charge in [0.25, 0.3) is 5.56 Å². The minimum absolute atomic E-state index is 0.00886. The average Bonchev–Trinajstić information content (AvgIpc) is 2.71. The minimum atomic E-state index is -0.691. The van der Waals surface area contributed by atoms with E-state index in [1.54, 1.807) is 6.92 Å². The van der Waals surface area contributed by atoms with Gasteiger partial charge < -0.3 is 16.0 Å². The Morgan fingerprint density at radius 3 is 2.50 bits per heavy atom. The third-order valence-corrected chi connectivity index (χ3v) is 4.50. The molecule has 1 aromatic heterocycles. The molecule has 162 valence electrons. The number of carbonyl (C=O) groups excluding carboxylic acids is 2. The standard InChI is InChI=1S/C20H28N6O4/c1-3-5-11-22-19(29)23-15(27)13-25(4-2)16-17(21)26(20(30)24-18(16)28)12-14-9-7-6-8-10-14/h6-10H,3-5,11-13,21H2,1-2H3,(H,24,28,30)(H2,22,23,27,29). The highest BCUT2D eigenvalue weighted by atomic mass is 16.2. The van der Waals surface area contributed by atoms with Crippen molar-refractivity contribution in [3.05, 3.63) is 56.7 Å². The lowest BCUT2D eigenvalue weighted by atomic mass is 10.2. The van der Waals surface area contributed by atoms with Gasteiger partial charge in [0.15, 0.2) is 0 Å². The van der Waals surface area contributed by atoms with Gasteiger partial charge in [-0.3, -0.25) is 24.5 Å². The molecule has 0 saturated carbocycles. The number of nitrogens with zero attached hydrogens (tertiary/aromatic N) is 2. The number of rotatable bonds is 9. The molecule has 0 aliphatic carbocycles. The number of benzene rings is 1. The Kier molecular flexibility index (Phi) is 8.21. The zero-order valence-corrected chi connectivity index (χ0v) is 17.2. The Balaban J connectivity index is 2.22. The van der Waals surface area contributed by atoms with Crippen molar-refractivity contribution in [1.29, 1.82) is 0 Å². The van der Waals surface area contributed by atoms with Crippen molar-refractivity contribution in [2.75, 3.05) is 30.3 Å². The summed E-state index contributed by atoms with van der Waals surface area (Å²) in [6.45, 7) is 4.35. The number of aromatic nitrogens is 2. The van der Waals surface area contributed by atoms with Gasteiger partial charge in [0, 0.05) is 13.1 Å². The van der Waals surface area contributed by atoms with Crippen LogP contribution in [-0.2, 0) is 11.3 Å². The summed E-state index contributed by atoms with van der Waals surface area (Å²) < 4.78 is 1.24. The fraction of sp³-hybridized carbons (Fsp3) is 0.400. The Morgan fingerprint density at radius 1 is 1.17 bits per heavy atom. The second-order valence-corrected chi connectivity index (χ2v) is 6.74. The van der Waals surface area contributed by atoms with Crippen LogP contribution in [-0.4, -0.2) is 41.1 Å². The summed E-state index contributed by atoms with van der Waals surface area (Å²) in [7, 11) is 0. The minimum Gasteiger partial charge on any atom is -0.383 e. The fourth-order valence-corrected chi connectivity index (χ4v) is 2.92. The normalized spacial score (nSPS) is 10.5. The van der Waals surface area contributed by atoms with E-state index in [1.807, 2.05) is 37.3 Å². The molecular weight excluding hydrogens is 388 g/mol. The topological polar surface area (TPSA) is 142 Å². The van der Waals surface area contributed by atoms with Crippen LogP contribution in [0.1, 0.15) is 32.3 Å². The maximum absolute atomic E-state index is 12.4. The number of likely N-dealkylation sites (N-methyl/N-ethyl adjacent to an activating group) is 1. The molecule has 30 heavy (non-hydrogen) atoms. The number of anilines is 2. The van der Waals surface area contributed by atoms with Gasteiger partial charge in [0.2, 0.25) is 5.91 Å². The molecule has 0 bridgehead atoms. The zero-order valence-electron chi connectivity index (χ0n) is 17.2. The molecule has 3 amide bonds. The third kappa shape index (κ3) is 5.97. The Labute approximate surface area is 174 Å². The van der Waals surface area contributed by atoms with Crippen LogP contribution in [0.4, 0.5) is 16.3 Å². The summed E-state index contributed by atoms with van der Waals surface area (Å²) in [4.78, 5) is 52.4. The lowest BCUT2D eigenvalue weighted by Crippen LogP contribution is -2.46. The number of nitrogens with two attached hydrogens (primary N) is 1. The molecule has 0 saturated heterocycles. The smallest absolute Gasteiger partial charge is 0.330 e. The number of aromatic amines is 1. The number of H-pyrrole nitrogens is 1. The Morgan fingerprint density at radius 2 is 1.87 bits per heavy atom. The monoisotopic (exact) mass is 416 g/mol. The van der Waals surface area contributed by atoms with Crippen molar-refractivity contribution in [3.8, 4) is 0 Å². The van der Waals surface area contributed by atoms with E-state index in [9.17, 15) is 19.2 Å². The fourth-order valence-electron chi connectivity index (χ4n) is 2.92. The van der Waals surface area contributed by atoms with E-state index in [2.05, 4.69) is 15.6 Å². The number of hydrogen-bond acceptors (Lipinski definition) is 6. The van der Waals surface area contributed by atoms with E-state index in [1.165, 1.54) is 9.47 Å². The van der Waals surface area contributed by atoms with Crippen molar-refractivity contribution in [1.82, 2.24) is 20.2 Å². The SMILES string of the molecule is CCCCNC(=O)NC(=O)CN(CC)c1c(N)n(Cc2ccccc2)c(=O)[nH]c1=O. The molecule has 0 unspecified atom stereocenters. The molecule has 10 nitrogen and oxygen atoms in total. The summed E-state index contributed by atoms with van der Waals surface area (Å²) in [6.07, 6.45) is 1.72. The van der Waals surface area contributed by atoms with Crippen molar-refractivity contribution in [2.45, 2.75) is 33.2 Å². The molecule has 2 aromatic rings. The molecule has 10 heteroatoms. The summed E-state index contributed by atoms with van der Waals surface area (Å²) >= 11 is 0. The van der Waals surface area contributed by atoms with Gasteiger partial charge >= 0.3 is 11.7 Å². The molecule has 1 heterocycles. The van der Waals surface area contributed by atoms with Crippen molar-refractivity contribution in [3.63, 3.8) is 0 Å². The highest BCUT2D eigenvalue weighted by Crippen LogP contribution is 2.17. The lowest BCUT2D eigenvalue weighted by molar-refractivity contribution is -0.118. The second-order valence-electron chi connectivity index (χ2n) is 6.74. The molecule has 0 aliphatic rings. The van der Waals surface area contributed by atoms with Gasteiger partial charge in [-0.1, -0.05) is 43.7 Å². The van der Waals surface area contributed by atoms with Crippen LogP contribution in [0.25, 0.3) is 0 Å². The Hall–Kier alpha value is -3.56. The summed E-state index contributed by atoms with van der Waals surface area (Å²) in [5.74, 6) is -0.639. The Bertz CT molecular complexity index is 983. The van der Waals surface area contributed by atoms with Crippen molar-refractivity contribution < 1.29 is 9.59 Å². The van der Waals surface area contributed by atoms with Crippen LogP contribution in [0.3, 0.4) is 0 Å². The molecule has 2 rings (SSSR count). The summed E-state index contributed by atoms with van der Waals surface area (Å²) in [5.41, 5.74) is 5.67. The molecule has 0 atom stereocenters. The van der Waals surface area contributed by atoms with E-state index in [0.29, 0.717) is 6.54 Å². The van der Waals surface area contributed by atoms with E-state index < -0.39 is 23.2 Å². The summed E-state index contributed by atoms with van der Waals surface area (Å²) in [6, 6.07) is 8.58.